The van der Waals surface area contributed by atoms with Crippen LogP contribution in [0.5, 0.6) is 0 Å². The van der Waals surface area contributed by atoms with Crippen molar-refractivity contribution in [3.63, 3.8) is 0 Å². The lowest BCUT2D eigenvalue weighted by molar-refractivity contribution is 0.229. The second-order valence-corrected chi connectivity index (χ2v) is 19.1. The largest absolute Gasteiger partial charge is 0.340 e. The van der Waals surface area contributed by atoms with E-state index in [-0.39, 0.29) is 23.7 Å². The van der Waals surface area contributed by atoms with E-state index in [4.69, 9.17) is 0 Å². The quantitative estimate of drug-likeness (QED) is 0.120. The Morgan fingerprint density at radius 2 is 0.431 bits per heavy atom. The smallest absolute Gasteiger partial charge is 0.213 e. The Labute approximate surface area is 426 Å². The van der Waals surface area contributed by atoms with E-state index < -0.39 is 0 Å². The van der Waals surface area contributed by atoms with Gasteiger partial charge in [0.15, 0.2) is 0 Å². The number of nitrogens with zero attached hydrogens (tertiary/aromatic N) is 8. The summed E-state index contributed by atoms with van der Waals surface area (Å²) in [6.07, 6.45) is 0. The van der Waals surface area contributed by atoms with E-state index >= 15 is 0 Å². The molecule has 0 unspecified atom stereocenters. The highest BCUT2D eigenvalue weighted by molar-refractivity contribution is 5.88. The van der Waals surface area contributed by atoms with Crippen LogP contribution in [0.1, 0.15) is 73.6 Å². The molecular formula is C64H56N8. The molecule has 0 spiro atoms. The average Bonchev–Trinajstić information content (AvgIpc) is 4.22. The Morgan fingerprint density at radius 3 is 0.611 bits per heavy atom. The Bertz CT molecular complexity index is 2780. The normalized spacial score (nSPS) is 19.7. The predicted molar refractivity (Wildman–Crippen MR) is 296 cm³/mol. The van der Waals surface area contributed by atoms with Crippen molar-refractivity contribution in [2.24, 2.45) is 0 Å². The minimum atomic E-state index is 0.180. The Morgan fingerprint density at radius 1 is 0.250 bits per heavy atom. The summed E-state index contributed by atoms with van der Waals surface area (Å²) >= 11 is 0. The fourth-order valence-electron chi connectivity index (χ4n) is 12.0. The molecule has 8 aromatic rings. The summed E-state index contributed by atoms with van der Waals surface area (Å²) in [6, 6.07) is 71.8. The summed E-state index contributed by atoms with van der Waals surface area (Å²) in [6.45, 7) is 26.7. The first-order valence-electron chi connectivity index (χ1n) is 25.6. The van der Waals surface area contributed by atoms with E-state index in [0.717, 1.165) is 71.7 Å². The molecule has 5 aliphatic rings. The van der Waals surface area contributed by atoms with Gasteiger partial charge < -0.3 is 39.2 Å². The standard InChI is InChI=1S/C64H56N8/c1-5-65-41-69(57-21-13-9-17-53(57)65)49-33-25-45(26-34-49)61-62(46-27-35-50(36-28-46)70-42-66(6-2)54-18-10-14-22-58(54)70)64(48-31-39-52(40-32-48)72-44-68(8-4)56-20-12-16-24-60(56)72)63(61)47-29-37-51(38-30-47)71-43-67(7-3)55-19-11-15-23-59(55)71/h9-40,61-64H,5-8H2,1-4H3. The summed E-state index contributed by atoms with van der Waals surface area (Å²) in [7, 11) is 0. The number of hydrogen-bond donors (Lipinski definition) is 0. The molecule has 8 heteroatoms. The monoisotopic (exact) mass is 936 g/mol. The highest BCUT2D eigenvalue weighted by Gasteiger charge is 2.53. The van der Waals surface area contributed by atoms with Crippen molar-refractivity contribution in [1.29, 1.82) is 0 Å². The van der Waals surface area contributed by atoms with Gasteiger partial charge in [0.25, 0.3) is 0 Å². The first-order chi connectivity index (χ1) is 35.5. The molecule has 0 aromatic heterocycles. The van der Waals surface area contributed by atoms with Crippen LogP contribution < -0.4 is 39.2 Å². The third-order valence-electron chi connectivity index (χ3n) is 15.5. The number of rotatable bonds is 12. The zero-order chi connectivity index (χ0) is 48.5. The first-order valence-corrected chi connectivity index (χ1v) is 25.6. The summed E-state index contributed by atoms with van der Waals surface area (Å²) in [4.78, 5) is 17.7. The van der Waals surface area contributed by atoms with E-state index in [1.165, 1.54) is 45.0 Å². The van der Waals surface area contributed by atoms with Crippen LogP contribution in [0.3, 0.4) is 0 Å². The van der Waals surface area contributed by atoms with Gasteiger partial charge in [-0.25, -0.2) is 0 Å². The van der Waals surface area contributed by atoms with Gasteiger partial charge in [-0.15, -0.1) is 0 Å². The lowest BCUT2D eigenvalue weighted by Crippen LogP contribution is -2.40. The van der Waals surface area contributed by atoms with Crippen LogP contribution in [0.25, 0.3) is 0 Å². The molecule has 4 heterocycles. The zero-order valence-corrected chi connectivity index (χ0v) is 41.2. The van der Waals surface area contributed by atoms with Crippen molar-refractivity contribution in [2.45, 2.75) is 51.4 Å². The van der Waals surface area contributed by atoms with Gasteiger partial charge in [0.2, 0.25) is 26.7 Å². The van der Waals surface area contributed by atoms with Gasteiger partial charge in [0.1, 0.15) is 0 Å². The lowest BCUT2D eigenvalue weighted by Gasteiger charge is -2.54. The molecule has 0 saturated heterocycles. The number of para-hydroxylation sites is 8. The third-order valence-corrected chi connectivity index (χ3v) is 15.5. The van der Waals surface area contributed by atoms with E-state index in [9.17, 15) is 0 Å². The molecule has 0 amide bonds. The van der Waals surface area contributed by atoms with E-state index in [1.54, 1.807) is 0 Å². The SMILES string of the molecule is CCN1[C]N(c2ccc(C3C(c4ccc(N5[C]N(CC)c6ccccc65)cc4)C(c4ccc(N5[C]N(CC)c6ccccc65)cc4)C3c3ccc(N4[C]N(CC)c5ccccc54)cc3)cc2)c2ccccc21. The molecule has 352 valence electrons. The van der Waals surface area contributed by atoms with Crippen molar-refractivity contribution in [3.05, 3.63) is 243 Å². The average molecular weight is 937 g/mol. The van der Waals surface area contributed by atoms with Crippen LogP contribution >= 0.6 is 0 Å². The van der Waals surface area contributed by atoms with Crippen LogP contribution in [0.15, 0.2) is 194 Å². The molecular weight excluding hydrogens is 881 g/mol. The molecule has 0 bridgehead atoms. The maximum absolute atomic E-state index is 3.65. The van der Waals surface area contributed by atoms with Crippen LogP contribution in [0.2, 0.25) is 0 Å². The van der Waals surface area contributed by atoms with Crippen molar-refractivity contribution in [3.8, 4) is 0 Å². The fourth-order valence-corrected chi connectivity index (χ4v) is 12.0. The highest BCUT2D eigenvalue weighted by Crippen LogP contribution is 2.67. The molecule has 4 aliphatic heterocycles. The molecule has 0 N–H and O–H groups in total. The molecule has 8 nitrogen and oxygen atoms in total. The fraction of sp³-hybridized carbons (Fsp3) is 0.188. The maximum atomic E-state index is 3.65. The summed E-state index contributed by atoms with van der Waals surface area (Å²) in [5.74, 6) is 0.719. The third kappa shape index (κ3) is 7.16. The Balaban J connectivity index is 0.909. The Kier molecular flexibility index (Phi) is 11.1. The van der Waals surface area contributed by atoms with Crippen LogP contribution in [-0.4, -0.2) is 26.2 Å². The van der Waals surface area contributed by atoms with Crippen molar-refractivity contribution in [1.82, 2.24) is 0 Å². The molecule has 13 rings (SSSR count). The molecule has 1 aliphatic carbocycles. The van der Waals surface area contributed by atoms with E-state index in [0.29, 0.717) is 0 Å². The second-order valence-electron chi connectivity index (χ2n) is 19.1. The van der Waals surface area contributed by atoms with Crippen molar-refractivity contribution >= 4 is 68.2 Å². The van der Waals surface area contributed by atoms with E-state index in [1.807, 2.05) is 0 Å². The first kappa shape index (κ1) is 44.1. The summed E-state index contributed by atoms with van der Waals surface area (Å²) < 4.78 is 0. The van der Waals surface area contributed by atoms with E-state index in [2.05, 4.69) is 288 Å². The highest BCUT2D eigenvalue weighted by atomic mass is 15.4. The van der Waals surface area contributed by atoms with Gasteiger partial charge >= 0.3 is 0 Å². The molecule has 8 radical (unpaired) electrons. The second kappa shape index (κ2) is 18.1. The van der Waals surface area contributed by atoms with Gasteiger partial charge in [-0.1, -0.05) is 97.1 Å². The predicted octanol–water partition coefficient (Wildman–Crippen LogP) is 15.0. The Hall–Kier alpha value is -7.84. The zero-order valence-electron chi connectivity index (χ0n) is 41.2. The molecule has 0 atom stereocenters. The topological polar surface area (TPSA) is 25.9 Å². The molecule has 1 saturated carbocycles. The van der Waals surface area contributed by atoms with Gasteiger partial charge in [-0.2, -0.15) is 0 Å². The summed E-state index contributed by atoms with van der Waals surface area (Å²) in [5.41, 5.74) is 19.1. The van der Waals surface area contributed by atoms with Gasteiger partial charge in [-0.05, 0) is 171 Å². The number of hydrogen-bond acceptors (Lipinski definition) is 8. The van der Waals surface area contributed by atoms with Crippen molar-refractivity contribution in [2.75, 3.05) is 65.4 Å². The minimum absolute atomic E-state index is 0.180. The van der Waals surface area contributed by atoms with Crippen LogP contribution in [0.4, 0.5) is 68.2 Å². The summed E-state index contributed by atoms with van der Waals surface area (Å²) in [5, 5.41) is 0. The molecule has 72 heavy (non-hydrogen) atoms. The van der Waals surface area contributed by atoms with Crippen LogP contribution in [-0.2, 0) is 0 Å². The number of benzene rings is 8. The van der Waals surface area contributed by atoms with Gasteiger partial charge in [0, 0.05) is 48.9 Å². The number of fused-ring (bicyclic) bond motifs is 4. The number of anilines is 12. The molecule has 8 aromatic carbocycles. The lowest BCUT2D eigenvalue weighted by atomic mass is 9.49. The van der Waals surface area contributed by atoms with Gasteiger partial charge in [-0.3, -0.25) is 0 Å². The maximum Gasteiger partial charge on any atom is 0.213 e. The molecule has 1 fully saturated rings. The van der Waals surface area contributed by atoms with Crippen LogP contribution in [0, 0.1) is 26.7 Å². The van der Waals surface area contributed by atoms with Crippen molar-refractivity contribution < 1.29 is 0 Å². The minimum Gasteiger partial charge on any atom is -0.340 e. The van der Waals surface area contributed by atoms with Gasteiger partial charge in [0.05, 0.1) is 45.5 Å².